The molecule has 2 heterocycles. The Morgan fingerprint density at radius 2 is 2.07 bits per heavy atom. The van der Waals surface area contributed by atoms with Crippen LogP contribution in [0.1, 0.15) is 31.0 Å². The van der Waals surface area contributed by atoms with Gasteiger partial charge in [0.05, 0.1) is 29.8 Å². The van der Waals surface area contributed by atoms with Crippen molar-refractivity contribution in [3.63, 3.8) is 0 Å². The number of nitrogens with zero attached hydrogens (tertiary/aromatic N) is 1. The Morgan fingerprint density at radius 1 is 1.26 bits per heavy atom. The molecule has 0 fully saturated rings. The number of hydrogen-bond donors (Lipinski definition) is 3. The number of aromatic amines is 2. The first-order valence-electron chi connectivity index (χ1n) is 8.64. The number of fused-ring (bicyclic) bond motifs is 1. The van der Waals surface area contributed by atoms with Gasteiger partial charge in [-0.3, -0.25) is 9.59 Å². The third-order valence-corrected chi connectivity index (χ3v) is 4.69. The van der Waals surface area contributed by atoms with E-state index in [1.807, 2.05) is 18.2 Å². The third kappa shape index (κ3) is 5.27. The number of ether oxygens (including phenoxy) is 1. The van der Waals surface area contributed by atoms with Gasteiger partial charge in [-0.25, -0.2) is 9.78 Å². The van der Waals surface area contributed by atoms with Crippen LogP contribution in [0, 0.1) is 0 Å². The van der Waals surface area contributed by atoms with Crippen LogP contribution < -0.4 is 11.0 Å². The predicted octanol–water partition coefficient (Wildman–Crippen LogP) is 2.38. The molecule has 27 heavy (non-hydrogen) atoms. The van der Waals surface area contributed by atoms with Crippen LogP contribution in [-0.2, 0) is 27.2 Å². The van der Waals surface area contributed by atoms with Crippen molar-refractivity contribution in [3.05, 3.63) is 45.3 Å². The Balaban J connectivity index is 1.45. The first-order chi connectivity index (χ1) is 13.0. The monoisotopic (exact) mass is 388 g/mol. The Kier molecular flexibility index (Phi) is 6.02. The molecule has 0 unspecified atom stereocenters. The summed E-state index contributed by atoms with van der Waals surface area (Å²) in [6, 6.07) is 5.70. The number of aryl methyl sites for hydroxylation is 1. The van der Waals surface area contributed by atoms with Crippen LogP contribution in [0.3, 0.4) is 0 Å². The lowest BCUT2D eigenvalue weighted by atomic mass is 10.1. The van der Waals surface area contributed by atoms with E-state index in [-0.39, 0.29) is 24.0 Å². The molecule has 9 heteroatoms. The minimum Gasteiger partial charge on any atom is -0.466 e. The average Bonchev–Trinajstić information content (AvgIpc) is 3.19. The number of imidazole rings is 1. The Labute approximate surface area is 159 Å². The fourth-order valence-corrected chi connectivity index (χ4v) is 3.40. The van der Waals surface area contributed by atoms with Crippen molar-refractivity contribution in [2.45, 2.75) is 32.6 Å². The molecule has 0 spiro atoms. The highest BCUT2D eigenvalue weighted by molar-refractivity contribution is 7.13. The van der Waals surface area contributed by atoms with E-state index in [1.54, 1.807) is 12.3 Å². The van der Waals surface area contributed by atoms with Crippen LogP contribution in [0.4, 0.5) is 5.13 Å². The number of aromatic nitrogens is 3. The quantitative estimate of drug-likeness (QED) is 0.512. The zero-order chi connectivity index (χ0) is 19.2. The molecule has 0 saturated heterocycles. The SMILES string of the molecule is CCOC(=O)Cc1csc(NC(=O)CCCc2ccc3[nH]c(=O)[nH]c3c2)n1. The molecule has 0 saturated carbocycles. The fraction of sp³-hybridized carbons (Fsp3) is 0.333. The average molecular weight is 388 g/mol. The number of anilines is 1. The highest BCUT2D eigenvalue weighted by Crippen LogP contribution is 2.17. The van der Waals surface area contributed by atoms with Gasteiger partial charge in [0.1, 0.15) is 0 Å². The van der Waals surface area contributed by atoms with E-state index in [0.29, 0.717) is 30.3 Å². The topological polar surface area (TPSA) is 117 Å². The summed E-state index contributed by atoms with van der Waals surface area (Å²) in [5.74, 6) is -0.454. The molecule has 0 aliphatic heterocycles. The molecule has 1 amide bonds. The van der Waals surface area contributed by atoms with Gasteiger partial charge in [0.15, 0.2) is 5.13 Å². The Morgan fingerprint density at radius 3 is 2.89 bits per heavy atom. The van der Waals surface area contributed by atoms with Gasteiger partial charge in [0, 0.05) is 11.8 Å². The van der Waals surface area contributed by atoms with Gasteiger partial charge in [0.2, 0.25) is 5.91 Å². The lowest BCUT2D eigenvalue weighted by Crippen LogP contribution is -2.12. The first-order valence-corrected chi connectivity index (χ1v) is 9.52. The normalized spacial score (nSPS) is 10.9. The first kappa shape index (κ1) is 18.8. The van der Waals surface area contributed by atoms with Gasteiger partial charge in [0.25, 0.3) is 0 Å². The van der Waals surface area contributed by atoms with Gasteiger partial charge in [-0.1, -0.05) is 6.07 Å². The second-order valence-corrected chi connectivity index (χ2v) is 6.84. The molecule has 142 valence electrons. The van der Waals surface area contributed by atoms with E-state index < -0.39 is 0 Å². The molecule has 2 aromatic heterocycles. The largest absolute Gasteiger partial charge is 0.466 e. The number of thiazole rings is 1. The fourth-order valence-electron chi connectivity index (χ4n) is 2.68. The summed E-state index contributed by atoms with van der Waals surface area (Å²) in [6.45, 7) is 2.08. The molecule has 3 rings (SSSR count). The van der Waals surface area contributed by atoms with Crippen molar-refractivity contribution in [3.8, 4) is 0 Å². The van der Waals surface area contributed by atoms with Crippen molar-refractivity contribution in [1.82, 2.24) is 15.0 Å². The van der Waals surface area contributed by atoms with Gasteiger partial charge in [-0.2, -0.15) is 0 Å². The second kappa shape index (κ2) is 8.63. The molecule has 0 aliphatic rings. The number of benzene rings is 1. The van der Waals surface area contributed by atoms with Crippen molar-refractivity contribution in [1.29, 1.82) is 0 Å². The Hall–Kier alpha value is -2.94. The zero-order valence-corrected chi connectivity index (χ0v) is 15.6. The summed E-state index contributed by atoms with van der Waals surface area (Å²) in [5, 5.41) is 4.96. The zero-order valence-electron chi connectivity index (χ0n) is 14.8. The van der Waals surface area contributed by atoms with Crippen LogP contribution in [0.2, 0.25) is 0 Å². The molecule has 3 N–H and O–H groups in total. The maximum atomic E-state index is 12.1. The van der Waals surface area contributed by atoms with E-state index in [4.69, 9.17) is 4.74 Å². The molecule has 3 aromatic rings. The van der Waals surface area contributed by atoms with E-state index in [9.17, 15) is 14.4 Å². The summed E-state index contributed by atoms with van der Waals surface area (Å²) in [6.07, 6.45) is 1.86. The second-order valence-electron chi connectivity index (χ2n) is 5.99. The van der Waals surface area contributed by atoms with Crippen molar-refractivity contribution >= 4 is 39.4 Å². The van der Waals surface area contributed by atoms with Crippen molar-refractivity contribution < 1.29 is 14.3 Å². The van der Waals surface area contributed by atoms with Crippen LogP contribution in [0.25, 0.3) is 11.0 Å². The minimum atomic E-state index is -0.332. The van der Waals surface area contributed by atoms with E-state index in [0.717, 1.165) is 23.0 Å². The van der Waals surface area contributed by atoms with Crippen molar-refractivity contribution in [2.75, 3.05) is 11.9 Å². The number of carbonyl (C=O) groups excluding carboxylic acids is 2. The number of nitrogens with one attached hydrogen (secondary N) is 3. The lowest BCUT2D eigenvalue weighted by Gasteiger charge is -2.03. The summed E-state index contributed by atoms with van der Waals surface area (Å²) in [5.41, 5.74) is 2.94. The highest BCUT2D eigenvalue weighted by atomic mass is 32.1. The molecule has 0 aliphatic carbocycles. The smallest absolute Gasteiger partial charge is 0.323 e. The molecule has 8 nitrogen and oxygen atoms in total. The van der Waals surface area contributed by atoms with Crippen LogP contribution in [0.5, 0.6) is 0 Å². The maximum absolute atomic E-state index is 12.1. The number of rotatable bonds is 8. The maximum Gasteiger partial charge on any atom is 0.323 e. The highest BCUT2D eigenvalue weighted by Gasteiger charge is 2.10. The number of esters is 1. The number of carbonyl (C=O) groups is 2. The number of hydrogen-bond acceptors (Lipinski definition) is 6. The van der Waals surface area contributed by atoms with Crippen LogP contribution in [-0.4, -0.2) is 33.4 Å². The summed E-state index contributed by atoms with van der Waals surface area (Å²) >= 11 is 1.28. The van der Waals surface area contributed by atoms with Gasteiger partial charge in [-0.15, -0.1) is 11.3 Å². The van der Waals surface area contributed by atoms with Gasteiger partial charge < -0.3 is 20.0 Å². The molecule has 0 atom stereocenters. The summed E-state index contributed by atoms with van der Waals surface area (Å²) in [4.78, 5) is 44.4. The third-order valence-electron chi connectivity index (χ3n) is 3.88. The van der Waals surface area contributed by atoms with E-state index >= 15 is 0 Å². The lowest BCUT2D eigenvalue weighted by molar-refractivity contribution is -0.142. The molecule has 1 aromatic carbocycles. The Bertz CT molecular complexity index is 1000. The van der Waals surface area contributed by atoms with E-state index in [1.165, 1.54) is 11.3 Å². The standard InChI is InChI=1S/C18H20N4O4S/c1-2-26-16(24)9-12-10-27-18(19-12)22-15(23)5-3-4-11-6-7-13-14(8-11)21-17(25)20-13/h6-8,10H,2-5,9H2,1H3,(H,19,22,23)(H2,20,21,25). The summed E-state index contributed by atoms with van der Waals surface area (Å²) < 4.78 is 4.88. The molecule has 0 radical (unpaired) electrons. The van der Waals surface area contributed by atoms with Crippen molar-refractivity contribution in [2.24, 2.45) is 0 Å². The number of H-pyrrole nitrogens is 2. The van der Waals surface area contributed by atoms with Gasteiger partial charge >= 0.3 is 11.7 Å². The number of amides is 1. The van der Waals surface area contributed by atoms with Crippen LogP contribution >= 0.6 is 11.3 Å². The predicted molar refractivity (Wildman–Crippen MR) is 103 cm³/mol. The van der Waals surface area contributed by atoms with Crippen LogP contribution in [0.15, 0.2) is 28.4 Å². The summed E-state index contributed by atoms with van der Waals surface area (Å²) in [7, 11) is 0. The van der Waals surface area contributed by atoms with E-state index in [2.05, 4.69) is 20.3 Å². The molecular formula is C18H20N4O4S. The molecular weight excluding hydrogens is 368 g/mol. The minimum absolute atomic E-state index is 0.101. The molecule has 0 bridgehead atoms. The van der Waals surface area contributed by atoms with Gasteiger partial charge in [-0.05, 0) is 37.5 Å².